The molecule has 0 amide bonds. The smallest absolute Gasteiger partial charge is 0.340 e. The fraction of sp³-hybridized carbons (Fsp3) is 0.192. The van der Waals surface area contributed by atoms with Crippen LogP contribution in [-0.2, 0) is 17.8 Å². The Bertz CT molecular complexity index is 1150. The molecule has 152 valence electrons. The summed E-state index contributed by atoms with van der Waals surface area (Å²) in [6, 6.07) is 24.1. The van der Waals surface area contributed by atoms with Gasteiger partial charge in [-0.15, -0.1) is 0 Å². The molecule has 0 atom stereocenters. The van der Waals surface area contributed by atoms with E-state index in [1.54, 1.807) is 0 Å². The van der Waals surface area contributed by atoms with Crippen molar-refractivity contribution in [2.24, 2.45) is 0 Å². The minimum absolute atomic E-state index is 0.317. The fourth-order valence-electron chi connectivity index (χ4n) is 3.77. The van der Waals surface area contributed by atoms with Crippen LogP contribution in [-0.4, -0.2) is 17.0 Å². The maximum absolute atomic E-state index is 12.9. The number of esters is 1. The van der Waals surface area contributed by atoms with Gasteiger partial charge in [-0.3, -0.25) is 0 Å². The number of ether oxygens (including phenoxy) is 2. The maximum Gasteiger partial charge on any atom is 0.340 e. The van der Waals surface area contributed by atoms with E-state index in [2.05, 4.69) is 16.5 Å². The highest BCUT2D eigenvalue weighted by molar-refractivity contribution is 6.01. The molecule has 0 saturated heterocycles. The molecule has 2 aromatic carbocycles. The van der Waals surface area contributed by atoms with E-state index in [9.17, 15) is 4.79 Å². The molecule has 0 bridgehead atoms. The average Bonchev–Trinajstić information content (AvgIpc) is 3.06. The molecule has 4 aromatic rings. The molecule has 4 nitrogen and oxygen atoms in total. The number of carbonyl (C=O) groups is 1. The summed E-state index contributed by atoms with van der Waals surface area (Å²) >= 11 is 0. The van der Waals surface area contributed by atoms with Crippen LogP contribution in [0.2, 0.25) is 0 Å². The van der Waals surface area contributed by atoms with E-state index in [-0.39, 0.29) is 5.97 Å². The Labute approximate surface area is 176 Å². The van der Waals surface area contributed by atoms with Gasteiger partial charge < -0.3 is 13.9 Å². The quantitative estimate of drug-likeness (QED) is 0.380. The van der Waals surface area contributed by atoms with Crippen molar-refractivity contribution in [2.45, 2.75) is 26.9 Å². The molecule has 0 aliphatic rings. The monoisotopic (exact) mass is 399 g/mol. The summed E-state index contributed by atoms with van der Waals surface area (Å²) in [7, 11) is 0. The Morgan fingerprint density at radius 3 is 2.23 bits per heavy atom. The van der Waals surface area contributed by atoms with Gasteiger partial charge in [0.2, 0.25) is 0 Å². The number of rotatable bonds is 7. The van der Waals surface area contributed by atoms with Crippen LogP contribution in [0.4, 0.5) is 0 Å². The Kier molecular flexibility index (Phi) is 5.84. The van der Waals surface area contributed by atoms with E-state index < -0.39 is 0 Å². The number of hydrogen-bond donors (Lipinski definition) is 0. The van der Waals surface area contributed by atoms with Gasteiger partial charge in [-0.1, -0.05) is 60.7 Å². The SMILES string of the molecule is CCOC(=O)c1c(C)c(Cc2ccccc2)n2cccc(OCc3ccccc3)c12. The maximum atomic E-state index is 12.9. The van der Waals surface area contributed by atoms with Gasteiger partial charge >= 0.3 is 5.97 Å². The van der Waals surface area contributed by atoms with Gasteiger partial charge in [-0.25, -0.2) is 4.79 Å². The molecule has 0 aliphatic heterocycles. The third-order valence-corrected chi connectivity index (χ3v) is 5.22. The summed E-state index contributed by atoms with van der Waals surface area (Å²) in [6.07, 6.45) is 2.70. The van der Waals surface area contributed by atoms with Crippen molar-refractivity contribution in [1.82, 2.24) is 4.40 Å². The summed E-state index contributed by atoms with van der Waals surface area (Å²) < 4.78 is 13.6. The van der Waals surface area contributed by atoms with Gasteiger partial charge in [-0.05, 0) is 42.7 Å². The minimum atomic E-state index is -0.317. The number of benzene rings is 2. The lowest BCUT2D eigenvalue weighted by Gasteiger charge is -2.11. The number of aromatic nitrogens is 1. The zero-order valence-electron chi connectivity index (χ0n) is 17.3. The molecule has 0 unspecified atom stereocenters. The topological polar surface area (TPSA) is 39.9 Å². The molecule has 0 saturated carbocycles. The van der Waals surface area contributed by atoms with Gasteiger partial charge in [0, 0.05) is 18.3 Å². The van der Waals surface area contributed by atoms with Crippen LogP contribution in [0, 0.1) is 6.92 Å². The minimum Gasteiger partial charge on any atom is -0.487 e. The highest BCUT2D eigenvalue weighted by atomic mass is 16.5. The first-order valence-electron chi connectivity index (χ1n) is 10.2. The second-order valence-electron chi connectivity index (χ2n) is 7.19. The standard InChI is InChI=1S/C26H25NO3/c1-3-29-26(28)24-19(2)22(17-20-11-6-4-7-12-20)27-16-10-15-23(25(24)27)30-18-21-13-8-5-9-14-21/h4-16H,3,17-18H2,1-2H3. The van der Waals surface area contributed by atoms with Crippen molar-refractivity contribution >= 4 is 11.5 Å². The van der Waals surface area contributed by atoms with E-state index in [0.717, 1.165) is 28.8 Å². The summed E-state index contributed by atoms with van der Waals surface area (Å²) in [6.45, 7) is 4.57. The van der Waals surface area contributed by atoms with Gasteiger partial charge in [0.1, 0.15) is 17.9 Å². The average molecular weight is 399 g/mol. The molecule has 30 heavy (non-hydrogen) atoms. The van der Waals surface area contributed by atoms with Crippen LogP contribution >= 0.6 is 0 Å². The van der Waals surface area contributed by atoms with Crippen LogP contribution < -0.4 is 4.74 Å². The number of pyridine rings is 1. The predicted octanol–water partition coefficient (Wildman–Crippen LogP) is 5.59. The zero-order valence-corrected chi connectivity index (χ0v) is 17.3. The lowest BCUT2D eigenvalue weighted by molar-refractivity contribution is 0.0527. The normalized spacial score (nSPS) is 10.9. The van der Waals surface area contributed by atoms with Crippen LogP contribution in [0.1, 0.15) is 39.7 Å². The van der Waals surface area contributed by atoms with Gasteiger partial charge in [0.25, 0.3) is 0 Å². The van der Waals surface area contributed by atoms with Crippen LogP contribution in [0.5, 0.6) is 5.75 Å². The Morgan fingerprint density at radius 1 is 0.900 bits per heavy atom. The van der Waals surface area contributed by atoms with Crippen LogP contribution in [0.25, 0.3) is 5.52 Å². The number of carbonyl (C=O) groups excluding carboxylic acids is 1. The van der Waals surface area contributed by atoms with E-state index in [4.69, 9.17) is 9.47 Å². The van der Waals surface area contributed by atoms with E-state index in [1.165, 1.54) is 5.56 Å². The van der Waals surface area contributed by atoms with E-state index >= 15 is 0 Å². The molecule has 2 aromatic heterocycles. The van der Waals surface area contributed by atoms with Crippen molar-refractivity contribution in [1.29, 1.82) is 0 Å². The molecule has 0 N–H and O–H groups in total. The molecule has 0 spiro atoms. The summed E-state index contributed by atoms with van der Waals surface area (Å²) in [4.78, 5) is 12.9. The molecule has 0 aliphatic carbocycles. The van der Waals surface area contributed by atoms with Crippen molar-refractivity contribution in [3.8, 4) is 5.75 Å². The molecule has 0 fully saturated rings. The third-order valence-electron chi connectivity index (χ3n) is 5.22. The van der Waals surface area contributed by atoms with Crippen molar-refractivity contribution < 1.29 is 14.3 Å². The van der Waals surface area contributed by atoms with Gasteiger partial charge in [0.15, 0.2) is 0 Å². The van der Waals surface area contributed by atoms with E-state index in [1.807, 2.05) is 80.7 Å². The molecular formula is C26H25NO3. The number of hydrogen-bond acceptors (Lipinski definition) is 3. The first-order chi connectivity index (χ1) is 14.7. The predicted molar refractivity (Wildman–Crippen MR) is 118 cm³/mol. The highest BCUT2D eigenvalue weighted by Crippen LogP contribution is 2.33. The van der Waals surface area contributed by atoms with Crippen molar-refractivity contribution in [3.05, 3.63) is 107 Å². The summed E-state index contributed by atoms with van der Waals surface area (Å²) in [5.74, 6) is 0.356. The molecule has 4 heteroatoms. The lowest BCUT2D eigenvalue weighted by atomic mass is 10.0. The first-order valence-corrected chi connectivity index (χ1v) is 10.2. The second kappa shape index (κ2) is 8.87. The second-order valence-corrected chi connectivity index (χ2v) is 7.19. The molecule has 4 rings (SSSR count). The first kappa shape index (κ1) is 19.8. The van der Waals surface area contributed by atoms with Crippen LogP contribution in [0.3, 0.4) is 0 Å². The summed E-state index contributed by atoms with van der Waals surface area (Å²) in [5.41, 5.74) is 5.58. The van der Waals surface area contributed by atoms with Crippen molar-refractivity contribution in [2.75, 3.05) is 6.61 Å². The number of nitrogens with zero attached hydrogens (tertiary/aromatic N) is 1. The van der Waals surface area contributed by atoms with Gasteiger partial charge in [0.05, 0.1) is 12.2 Å². The van der Waals surface area contributed by atoms with E-state index in [0.29, 0.717) is 24.5 Å². The Hall–Kier alpha value is -3.53. The number of fused-ring (bicyclic) bond motifs is 1. The molecule has 2 heterocycles. The van der Waals surface area contributed by atoms with Gasteiger partial charge in [-0.2, -0.15) is 0 Å². The fourth-order valence-corrected chi connectivity index (χ4v) is 3.77. The largest absolute Gasteiger partial charge is 0.487 e. The lowest BCUT2D eigenvalue weighted by Crippen LogP contribution is -2.07. The Morgan fingerprint density at radius 2 is 1.57 bits per heavy atom. The molecular weight excluding hydrogens is 374 g/mol. The Balaban J connectivity index is 1.81. The molecule has 0 radical (unpaired) electrons. The van der Waals surface area contributed by atoms with Crippen LogP contribution in [0.15, 0.2) is 79.0 Å². The zero-order chi connectivity index (χ0) is 20.9. The highest BCUT2D eigenvalue weighted by Gasteiger charge is 2.24. The summed E-state index contributed by atoms with van der Waals surface area (Å²) in [5, 5.41) is 0. The third kappa shape index (κ3) is 3.94. The van der Waals surface area contributed by atoms with Crippen molar-refractivity contribution in [3.63, 3.8) is 0 Å².